The summed E-state index contributed by atoms with van der Waals surface area (Å²) in [6, 6.07) is 6.56. The first kappa shape index (κ1) is 19.8. The van der Waals surface area contributed by atoms with Crippen LogP contribution in [-0.2, 0) is 11.0 Å². The minimum atomic E-state index is -4.53. The predicted octanol–water partition coefficient (Wildman–Crippen LogP) is 1.55. The van der Waals surface area contributed by atoms with E-state index in [0.29, 0.717) is 13.1 Å². The number of para-hydroxylation sites is 1. The van der Waals surface area contributed by atoms with E-state index in [1.807, 2.05) is 0 Å². The Morgan fingerprint density at radius 1 is 1.31 bits per heavy atom. The quantitative estimate of drug-likeness (QED) is 0.525. The molecule has 2 rings (SSSR count). The third-order valence-electron chi connectivity index (χ3n) is 3.89. The number of halogens is 3. The largest absolute Gasteiger partial charge is 0.418 e. The molecule has 140 valence electrons. The molecule has 0 radical (unpaired) electrons. The number of nitrogens with zero attached hydrogens (tertiary/aromatic N) is 2. The van der Waals surface area contributed by atoms with E-state index in [0.717, 1.165) is 38.4 Å². The van der Waals surface area contributed by atoms with Crippen molar-refractivity contribution in [2.24, 2.45) is 0 Å². The molecule has 0 aliphatic carbocycles. The monoisotopic (exact) mass is 367 g/mol. The van der Waals surface area contributed by atoms with Crippen LogP contribution in [0.3, 0.4) is 0 Å². The minimum absolute atomic E-state index is 0.221. The molecule has 1 aliphatic rings. The van der Waals surface area contributed by atoms with Gasteiger partial charge in [0.05, 0.1) is 11.3 Å². The highest BCUT2D eigenvalue weighted by Gasteiger charge is 2.33. The van der Waals surface area contributed by atoms with Gasteiger partial charge in [-0.1, -0.05) is 12.1 Å². The maximum absolute atomic E-state index is 12.9. The number of benzene rings is 1. The van der Waals surface area contributed by atoms with Gasteiger partial charge in [0.1, 0.15) is 11.6 Å². The normalized spacial score (nSPS) is 16.0. The first-order valence-corrected chi connectivity index (χ1v) is 8.16. The van der Waals surface area contributed by atoms with E-state index >= 15 is 0 Å². The van der Waals surface area contributed by atoms with Gasteiger partial charge >= 0.3 is 6.18 Å². The van der Waals surface area contributed by atoms with Crippen molar-refractivity contribution in [1.29, 1.82) is 5.26 Å². The standard InChI is InChI=1S/C17H20F3N5O/c18-17(19,20)14-3-1-2-4-15(14)24-12-13(11-21)16(26)23-7-10-25-8-5-22-6-9-25/h1-4,12,22,24H,5-10H2,(H,23,26)/b13-12-. The van der Waals surface area contributed by atoms with E-state index in [1.54, 1.807) is 6.07 Å². The van der Waals surface area contributed by atoms with Gasteiger partial charge in [-0.05, 0) is 12.1 Å². The van der Waals surface area contributed by atoms with Crippen LogP contribution >= 0.6 is 0 Å². The van der Waals surface area contributed by atoms with Crippen LogP contribution < -0.4 is 16.0 Å². The zero-order valence-electron chi connectivity index (χ0n) is 14.1. The SMILES string of the molecule is N#C/C(=C/Nc1ccccc1C(F)(F)F)C(=O)NCCN1CCNCC1. The summed E-state index contributed by atoms with van der Waals surface area (Å²) < 4.78 is 38.8. The second-order valence-corrected chi connectivity index (χ2v) is 5.71. The Morgan fingerprint density at radius 3 is 2.65 bits per heavy atom. The second kappa shape index (κ2) is 9.22. The Labute approximate surface area is 149 Å². The molecule has 1 heterocycles. The predicted molar refractivity (Wildman–Crippen MR) is 91.1 cm³/mol. The van der Waals surface area contributed by atoms with Crippen LogP contribution in [-0.4, -0.2) is 50.1 Å². The summed E-state index contributed by atoms with van der Waals surface area (Å²) in [6.07, 6.45) is -3.54. The van der Waals surface area contributed by atoms with Crippen LogP contribution in [0.2, 0.25) is 0 Å². The average Bonchev–Trinajstić information content (AvgIpc) is 2.62. The summed E-state index contributed by atoms with van der Waals surface area (Å²) in [5, 5.41) is 17.3. The number of rotatable bonds is 6. The Morgan fingerprint density at radius 2 is 2.00 bits per heavy atom. The fraction of sp³-hybridized carbons (Fsp3) is 0.412. The molecule has 0 unspecified atom stereocenters. The van der Waals surface area contributed by atoms with Crippen molar-refractivity contribution >= 4 is 11.6 Å². The third-order valence-corrected chi connectivity index (χ3v) is 3.89. The van der Waals surface area contributed by atoms with E-state index < -0.39 is 17.6 Å². The fourth-order valence-corrected chi connectivity index (χ4v) is 2.51. The number of hydrogen-bond donors (Lipinski definition) is 3. The molecule has 0 aromatic heterocycles. The van der Waals surface area contributed by atoms with Gasteiger partial charge in [-0.3, -0.25) is 9.69 Å². The number of nitriles is 1. The lowest BCUT2D eigenvalue weighted by Crippen LogP contribution is -2.46. The molecule has 1 fully saturated rings. The van der Waals surface area contributed by atoms with E-state index in [1.165, 1.54) is 18.2 Å². The molecular weight excluding hydrogens is 347 g/mol. The average molecular weight is 367 g/mol. The zero-order valence-corrected chi connectivity index (χ0v) is 14.1. The number of hydrogen-bond acceptors (Lipinski definition) is 5. The van der Waals surface area contributed by atoms with Crippen LogP contribution in [0.4, 0.5) is 18.9 Å². The maximum Gasteiger partial charge on any atom is 0.418 e. The second-order valence-electron chi connectivity index (χ2n) is 5.71. The highest BCUT2D eigenvalue weighted by atomic mass is 19.4. The van der Waals surface area contributed by atoms with Crippen molar-refractivity contribution in [3.8, 4) is 6.07 Å². The Bertz CT molecular complexity index is 690. The molecule has 3 N–H and O–H groups in total. The minimum Gasteiger partial charge on any atom is -0.360 e. The number of alkyl halides is 3. The molecule has 0 saturated carbocycles. The van der Waals surface area contributed by atoms with Crippen LogP contribution in [0.1, 0.15) is 5.56 Å². The first-order valence-electron chi connectivity index (χ1n) is 8.16. The van der Waals surface area contributed by atoms with Gasteiger partial charge in [0, 0.05) is 45.5 Å². The Hall–Kier alpha value is -2.57. The molecule has 1 aliphatic heterocycles. The topological polar surface area (TPSA) is 80.2 Å². The lowest BCUT2D eigenvalue weighted by molar-refractivity contribution is -0.136. The molecule has 1 aromatic rings. The number of amides is 1. The van der Waals surface area contributed by atoms with Crippen molar-refractivity contribution in [2.75, 3.05) is 44.6 Å². The summed E-state index contributed by atoms with van der Waals surface area (Å²) >= 11 is 0. The number of carbonyl (C=O) groups is 1. The van der Waals surface area contributed by atoms with E-state index in [2.05, 4.69) is 20.9 Å². The molecule has 0 spiro atoms. The van der Waals surface area contributed by atoms with Gasteiger partial charge < -0.3 is 16.0 Å². The summed E-state index contributed by atoms with van der Waals surface area (Å²) in [5.41, 5.74) is -1.38. The van der Waals surface area contributed by atoms with Crippen LogP contribution in [0.5, 0.6) is 0 Å². The van der Waals surface area contributed by atoms with Gasteiger partial charge in [0.15, 0.2) is 0 Å². The fourth-order valence-electron chi connectivity index (χ4n) is 2.51. The molecule has 0 bridgehead atoms. The van der Waals surface area contributed by atoms with Gasteiger partial charge in [-0.2, -0.15) is 18.4 Å². The number of carbonyl (C=O) groups excluding carboxylic acids is 1. The third kappa shape index (κ3) is 5.75. The van der Waals surface area contributed by atoms with Crippen molar-refractivity contribution in [1.82, 2.24) is 15.5 Å². The maximum atomic E-state index is 12.9. The molecule has 9 heteroatoms. The molecular formula is C17H20F3N5O. The number of nitrogens with one attached hydrogen (secondary N) is 3. The first-order chi connectivity index (χ1) is 12.4. The highest BCUT2D eigenvalue weighted by Crippen LogP contribution is 2.34. The van der Waals surface area contributed by atoms with Crippen molar-refractivity contribution < 1.29 is 18.0 Å². The van der Waals surface area contributed by atoms with E-state index in [4.69, 9.17) is 5.26 Å². The van der Waals surface area contributed by atoms with E-state index in [-0.39, 0.29) is 11.3 Å². The van der Waals surface area contributed by atoms with Gasteiger partial charge in [-0.25, -0.2) is 0 Å². The molecule has 1 aromatic carbocycles. The lowest BCUT2D eigenvalue weighted by Gasteiger charge is -2.27. The number of piperazine rings is 1. The summed E-state index contributed by atoms with van der Waals surface area (Å²) in [7, 11) is 0. The molecule has 26 heavy (non-hydrogen) atoms. The van der Waals surface area contributed by atoms with Crippen molar-refractivity contribution in [3.05, 3.63) is 41.6 Å². The molecule has 1 saturated heterocycles. The summed E-state index contributed by atoms with van der Waals surface area (Å²) in [6.45, 7) is 4.55. The summed E-state index contributed by atoms with van der Waals surface area (Å²) in [5.74, 6) is -0.625. The smallest absolute Gasteiger partial charge is 0.360 e. The van der Waals surface area contributed by atoms with Crippen LogP contribution in [0.15, 0.2) is 36.0 Å². The van der Waals surface area contributed by atoms with Gasteiger partial charge in [-0.15, -0.1) is 0 Å². The molecule has 1 amide bonds. The van der Waals surface area contributed by atoms with Gasteiger partial charge in [0.2, 0.25) is 0 Å². The zero-order chi connectivity index (χ0) is 19.0. The summed E-state index contributed by atoms with van der Waals surface area (Å²) in [4.78, 5) is 14.2. The van der Waals surface area contributed by atoms with Crippen molar-refractivity contribution in [3.63, 3.8) is 0 Å². The van der Waals surface area contributed by atoms with Crippen LogP contribution in [0, 0.1) is 11.3 Å². The van der Waals surface area contributed by atoms with Gasteiger partial charge in [0.25, 0.3) is 5.91 Å². The molecule has 6 nitrogen and oxygen atoms in total. The van der Waals surface area contributed by atoms with E-state index in [9.17, 15) is 18.0 Å². The molecule has 0 atom stereocenters. The Kier molecular flexibility index (Phi) is 7.00. The van der Waals surface area contributed by atoms with Crippen molar-refractivity contribution in [2.45, 2.75) is 6.18 Å². The van der Waals surface area contributed by atoms with Crippen LogP contribution in [0.25, 0.3) is 0 Å². The lowest BCUT2D eigenvalue weighted by atomic mass is 10.1. The number of anilines is 1. The highest BCUT2D eigenvalue weighted by molar-refractivity contribution is 5.97. The Balaban J connectivity index is 1.93.